The SMILES string of the molecule is CC1CCCC(C2(O)CCCCC2C2CCCCC2)C1. The van der Waals surface area contributed by atoms with Crippen molar-refractivity contribution >= 4 is 0 Å². The van der Waals surface area contributed by atoms with Crippen molar-refractivity contribution in [3.63, 3.8) is 0 Å². The molecule has 0 aromatic heterocycles. The average molecular weight is 278 g/mol. The van der Waals surface area contributed by atoms with Crippen LogP contribution in [-0.2, 0) is 0 Å². The molecule has 3 saturated carbocycles. The van der Waals surface area contributed by atoms with E-state index in [0.717, 1.165) is 18.3 Å². The standard InChI is InChI=1S/C19H34O/c1-15-8-7-11-17(14-15)19(20)13-6-5-12-18(19)16-9-3-2-4-10-16/h15-18,20H,2-14H2,1H3. The van der Waals surface area contributed by atoms with Crippen molar-refractivity contribution < 1.29 is 5.11 Å². The maximum atomic E-state index is 11.6. The minimum atomic E-state index is -0.297. The first kappa shape index (κ1) is 14.9. The normalized spacial score (nSPS) is 44.4. The largest absolute Gasteiger partial charge is 0.389 e. The maximum Gasteiger partial charge on any atom is 0.0706 e. The summed E-state index contributed by atoms with van der Waals surface area (Å²) in [4.78, 5) is 0. The third-order valence-electron chi connectivity index (χ3n) is 6.85. The summed E-state index contributed by atoms with van der Waals surface area (Å²) in [5.41, 5.74) is -0.297. The summed E-state index contributed by atoms with van der Waals surface area (Å²) >= 11 is 0. The highest BCUT2D eigenvalue weighted by Crippen LogP contribution is 2.50. The number of rotatable bonds is 2. The van der Waals surface area contributed by atoms with Crippen molar-refractivity contribution in [2.45, 2.75) is 96.0 Å². The van der Waals surface area contributed by atoms with Gasteiger partial charge >= 0.3 is 0 Å². The number of aliphatic hydroxyl groups is 1. The van der Waals surface area contributed by atoms with Gasteiger partial charge in [-0.1, -0.05) is 64.7 Å². The van der Waals surface area contributed by atoms with E-state index < -0.39 is 0 Å². The van der Waals surface area contributed by atoms with Crippen LogP contribution in [0, 0.1) is 23.7 Å². The molecule has 1 N–H and O–H groups in total. The van der Waals surface area contributed by atoms with Gasteiger partial charge in [0.25, 0.3) is 0 Å². The molecule has 3 fully saturated rings. The van der Waals surface area contributed by atoms with Crippen LogP contribution in [0.5, 0.6) is 0 Å². The predicted molar refractivity (Wildman–Crippen MR) is 84.6 cm³/mol. The summed E-state index contributed by atoms with van der Waals surface area (Å²) in [6.07, 6.45) is 17.4. The van der Waals surface area contributed by atoms with Crippen molar-refractivity contribution in [1.29, 1.82) is 0 Å². The fourth-order valence-corrected chi connectivity index (χ4v) is 5.78. The van der Waals surface area contributed by atoms with Crippen LogP contribution in [0.4, 0.5) is 0 Å². The topological polar surface area (TPSA) is 20.2 Å². The van der Waals surface area contributed by atoms with Gasteiger partial charge in [-0.3, -0.25) is 0 Å². The van der Waals surface area contributed by atoms with Gasteiger partial charge < -0.3 is 5.11 Å². The van der Waals surface area contributed by atoms with E-state index in [0.29, 0.717) is 11.8 Å². The van der Waals surface area contributed by atoms with E-state index in [4.69, 9.17) is 0 Å². The lowest BCUT2D eigenvalue weighted by Crippen LogP contribution is -2.51. The summed E-state index contributed by atoms with van der Waals surface area (Å²) in [6, 6.07) is 0. The van der Waals surface area contributed by atoms with Crippen LogP contribution in [0.2, 0.25) is 0 Å². The highest BCUT2D eigenvalue weighted by molar-refractivity contribution is 4.99. The first-order valence-corrected chi connectivity index (χ1v) is 9.42. The molecule has 0 spiro atoms. The minimum Gasteiger partial charge on any atom is -0.389 e. The average Bonchev–Trinajstić information content (AvgIpc) is 2.49. The van der Waals surface area contributed by atoms with Gasteiger partial charge in [0.2, 0.25) is 0 Å². The molecule has 0 aromatic rings. The smallest absolute Gasteiger partial charge is 0.0706 e. The first-order chi connectivity index (χ1) is 9.70. The molecular formula is C19H34O. The first-order valence-electron chi connectivity index (χ1n) is 9.42. The summed E-state index contributed by atoms with van der Waals surface area (Å²) in [5, 5.41) is 11.6. The second-order valence-corrected chi connectivity index (χ2v) is 8.21. The fraction of sp³-hybridized carbons (Fsp3) is 1.00. The number of hydrogen-bond acceptors (Lipinski definition) is 1. The molecule has 0 aromatic carbocycles. The highest BCUT2D eigenvalue weighted by Gasteiger charge is 2.48. The molecule has 0 bridgehead atoms. The second-order valence-electron chi connectivity index (χ2n) is 8.21. The van der Waals surface area contributed by atoms with Crippen LogP contribution >= 0.6 is 0 Å². The van der Waals surface area contributed by atoms with Gasteiger partial charge in [-0.05, 0) is 49.4 Å². The molecule has 1 heteroatoms. The van der Waals surface area contributed by atoms with Crippen molar-refractivity contribution in [3.05, 3.63) is 0 Å². The van der Waals surface area contributed by atoms with Crippen LogP contribution in [0.1, 0.15) is 90.4 Å². The van der Waals surface area contributed by atoms with Crippen LogP contribution in [0.25, 0.3) is 0 Å². The monoisotopic (exact) mass is 278 g/mol. The summed E-state index contributed by atoms with van der Waals surface area (Å²) in [6.45, 7) is 2.40. The Kier molecular flexibility index (Phi) is 4.75. The molecule has 20 heavy (non-hydrogen) atoms. The Morgan fingerprint density at radius 1 is 0.800 bits per heavy atom. The molecule has 3 aliphatic carbocycles. The van der Waals surface area contributed by atoms with E-state index in [1.807, 2.05) is 0 Å². The van der Waals surface area contributed by atoms with E-state index in [9.17, 15) is 5.11 Å². The van der Waals surface area contributed by atoms with Crippen molar-refractivity contribution in [2.24, 2.45) is 23.7 Å². The molecule has 0 aliphatic heterocycles. The Morgan fingerprint density at radius 2 is 1.55 bits per heavy atom. The van der Waals surface area contributed by atoms with Gasteiger partial charge in [-0.15, -0.1) is 0 Å². The summed E-state index contributed by atoms with van der Waals surface area (Å²) in [7, 11) is 0. The lowest BCUT2D eigenvalue weighted by molar-refractivity contribution is -0.130. The Balaban J connectivity index is 1.75. The van der Waals surface area contributed by atoms with Gasteiger partial charge in [-0.25, -0.2) is 0 Å². The third kappa shape index (κ3) is 2.93. The van der Waals surface area contributed by atoms with Gasteiger partial charge in [-0.2, -0.15) is 0 Å². The van der Waals surface area contributed by atoms with Crippen LogP contribution < -0.4 is 0 Å². The summed E-state index contributed by atoms with van der Waals surface area (Å²) in [5.74, 6) is 2.92. The Labute approximate surface area is 125 Å². The van der Waals surface area contributed by atoms with E-state index in [-0.39, 0.29) is 5.60 Å². The molecule has 116 valence electrons. The third-order valence-corrected chi connectivity index (χ3v) is 6.85. The van der Waals surface area contributed by atoms with Crippen molar-refractivity contribution in [2.75, 3.05) is 0 Å². The maximum absolute atomic E-state index is 11.6. The Morgan fingerprint density at radius 3 is 2.30 bits per heavy atom. The lowest BCUT2D eigenvalue weighted by Gasteiger charge is -2.51. The second kappa shape index (κ2) is 6.38. The van der Waals surface area contributed by atoms with E-state index in [1.54, 1.807) is 0 Å². The molecule has 0 radical (unpaired) electrons. The van der Waals surface area contributed by atoms with Gasteiger partial charge in [0.1, 0.15) is 0 Å². The van der Waals surface area contributed by atoms with Crippen LogP contribution in [-0.4, -0.2) is 10.7 Å². The quantitative estimate of drug-likeness (QED) is 0.725. The van der Waals surface area contributed by atoms with Gasteiger partial charge in [0.15, 0.2) is 0 Å². The molecule has 0 amide bonds. The predicted octanol–water partition coefficient (Wildman–Crippen LogP) is 5.31. The zero-order valence-electron chi connectivity index (χ0n) is 13.4. The zero-order valence-corrected chi connectivity index (χ0v) is 13.4. The molecule has 3 aliphatic rings. The Bertz CT molecular complexity index is 307. The number of hydrogen-bond donors (Lipinski definition) is 1. The fourth-order valence-electron chi connectivity index (χ4n) is 5.78. The van der Waals surface area contributed by atoms with Crippen LogP contribution in [0.15, 0.2) is 0 Å². The summed E-state index contributed by atoms with van der Waals surface area (Å²) < 4.78 is 0. The van der Waals surface area contributed by atoms with Crippen molar-refractivity contribution in [3.8, 4) is 0 Å². The molecule has 3 rings (SSSR count). The molecule has 0 saturated heterocycles. The molecular weight excluding hydrogens is 244 g/mol. The van der Waals surface area contributed by atoms with E-state index >= 15 is 0 Å². The van der Waals surface area contributed by atoms with Crippen LogP contribution in [0.3, 0.4) is 0 Å². The molecule has 1 nitrogen and oxygen atoms in total. The Hall–Kier alpha value is -0.0400. The minimum absolute atomic E-state index is 0.297. The van der Waals surface area contributed by atoms with Gasteiger partial charge in [0.05, 0.1) is 5.60 Å². The molecule has 4 atom stereocenters. The highest BCUT2D eigenvalue weighted by atomic mass is 16.3. The zero-order chi connectivity index (χ0) is 14.0. The van der Waals surface area contributed by atoms with Gasteiger partial charge in [0, 0.05) is 0 Å². The van der Waals surface area contributed by atoms with Crippen molar-refractivity contribution in [1.82, 2.24) is 0 Å². The van der Waals surface area contributed by atoms with E-state index in [2.05, 4.69) is 6.92 Å². The molecule has 4 unspecified atom stereocenters. The van der Waals surface area contributed by atoms with E-state index in [1.165, 1.54) is 77.0 Å². The molecule has 0 heterocycles. The lowest BCUT2D eigenvalue weighted by atomic mass is 9.58.